The summed E-state index contributed by atoms with van der Waals surface area (Å²) in [7, 11) is 1.64. The number of nitrogens with zero attached hydrogens (tertiary/aromatic N) is 3. The maximum atomic E-state index is 12.9. The molecule has 0 spiro atoms. The van der Waals surface area contributed by atoms with Gasteiger partial charge in [-0.25, -0.2) is 4.98 Å². The van der Waals surface area contributed by atoms with E-state index in [1.54, 1.807) is 7.11 Å². The highest BCUT2D eigenvalue weighted by Crippen LogP contribution is 2.34. The van der Waals surface area contributed by atoms with Crippen molar-refractivity contribution in [3.8, 4) is 11.5 Å². The largest absolute Gasteiger partial charge is 0.493 e. The van der Waals surface area contributed by atoms with Crippen molar-refractivity contribution in [1.29, 1.82) is 0 Å². The van der Waals surface area contributed by atoms with Crippen LogP contribution in [0.4, 0.5) is 5.69 Å². The molecule has 34 heavy (non-hydrogen) atoms. The number of hydrogen-bond donors (Lipinski definition) is 0. The zero-order valence-electron chi connectivity index (χ0n) is 19.0. The molecule has 0 N–H and O–H groups in total. The van der Waals surface area contributed by atoms with Crippen molar-refractivity contribution in [2.75, 3.05) is 25.2 Å². The molecule has 4 aromatic rings. The smallest absolute Gasteiger partial charge is 0.227 e. The summed E-state index contributed by atoms with van der Waals surface area (Å²) in [4.78, 5) is 19.6. The first-order valence-corrected chi connectivity index (χ1v) is 11.8. The number of methoxy groups -OCH3 is 1. The molecule has 1 aromatic heterocycles. The van der Waals surface area contributed by atoms with Gasteiger partial charge in [-0.1, -0.05) is 35.9 Å². The van der Waals surface area contributed by atoms with Crippen LogP contribution in [0.15, 0.2) is 72.8 Å². The van der Waals surface area contributed by atoms with E-state index in [0.717, 1.165) is 47.0 Å². The lowest BCUT2D eigenvalue weighted by Gasteiger charge is -2.17. The predicted molar refractivity (Wildman–Crippen MR) is 134 cm³/mol. The molecule has 1 aliphatic heterocycles. The predicted octanol–water partition coefficient (Wildman–Crippen LogP) is 5.69. The Morgan fingerprint density at radius 3 is 2.53 bits per heavy atom. The van der Waals surface area contributed by atoms with Gasteiger partial charge in [0.2, 0.25) is 5.91 Å². The van der Waals surface area contributed by atoms with E-state index in [1.807, 2.05) is 71.6 Å². The molecule has 0 unspecified atom stereocenters. The van der Waals surface area contributed by atoms with Crippen LogP contribution in [0.25, 0.3) is 11.0 Å². The van der Waals surface area contributed by atoms with Crippen molar-refractivity contribution in [1.82, 2.24) is 9.55 Å². The van der Waals surface area contributed by atoms with E-state index in [2.05, 4.69) is 10.6 Å². The number of para-hydroxylation sites is 4. The summed E-state index contributed by atoms with van der Waals surface area (Å²) in [5.74, 6) is 2.53. The Balaban J connectivity index is 1.34. The number of rotatable bonds is 8. The maximum Gasteiger partial charge on any atom is 0.227 e. The van der Waals surface area contributed by atoms with Gasteiger partial charge in [-0.15, -0.1) is 0 Å². The third kappa shape index (κ3) is 4.46. The molecule has 0 saturated carbocycles. The molecule has 5 rings (SSSR count). The molecule has 1 fully saturated rings. The summed E-state index contributed by atoms with van der Waals surface area (Å²) >= 11 is 6.03. The van der Waals surface area contributed by atoms with E-state index in [1.165, 1.54) is 0 Å². The Labute approximate surface area is 203 Å². The lowest BCUT2D eigenvalue weighted by atomic mass is 10.1. The average molecular weight is 476 g/mol. The van der Waals surface area contributed by atoms with Crippen molar-refractivity contribution in [3.05, 3.63) is 83.6 Å². The molecule has 1 atom stereocenters. The fraction of sp³-hybridized carbons (Fsp3) is 0.259. The van der Waals surface area contributed by atoms with Crippen LogP contribution in [-0.4, -0.2) is 35.7 Å². The maximum absolute atomic E-state index is 12.9. The van der Waals surface area contributed by atoms with Crippen LogP contribution in [-0.2, 0) is 11.3 Å². The highest BCUT2D eigenvalue weighted by Gasteiger charge is 2.34. The summed E-state index contributed by atoms with van der Waals surface area (Å²) in [6.45, 7) is 1.89. The Kier molecular flexibility index (Phi) is 6.41. The number of carbonyl (C=O) groups is 1. The van der Waals surface area contributed by atoms with Gasteiger partial charge in [-0.05, 0) is 55.0 Å². The van der Waals surface area contributed by atoms with Gasteiger partial charge in [0.1, 0.15) is 5.82 Å². The molecular formula is C27H26ClN3O3. The topological polar surface area (TPSA) is 56.6 Å². The number of carbonyl (C=O) groups excluding carboxylic acids is 1. The quantitative estimate of drug-likeness (QED) is 0.307. The van der Waals surface area contributed by atoms with Gasteiger partial charge in [0.25, 0.3) is 0 Å². The molecule has 7 heteroatoms. The number of ether oxygens (including phenoxy) is 2. The number of aryl methyl sites for hydroxylation is 1. The number of anilines is 1. The van der Waals surface area contributed by atoms with Crippen LogP contribution in [0.2, 0.25) is 5.02 Å². The van der Waals surface area contributed by atoms with Gasteiger partial charge in [-0.3, -0.25) is 4.79 Å². The first-order valence-electron chi connectivity index (χ1n) is 11.4. The van der Waals surface area contributed by atoms with Gasteiger partial charge in [0.05, 0.1) is 24.8 Å². The number of amides is 1. The Hall–Kier alpha value is -3.51. The van der Waals surface area contributed by atoms with Gasteiger partial charge in [0.15, 0.2) is 11.5 Å². The SMILES string of the molecule is COc1ccccc1OCCCn1c([C@H]2CC(=O)N(c3ccc(Cl)cc3)C2)nc2ccccc21. The van der Waals surface area contributed by atoms with E-state index >= 15 is 0 Å². The zero-order chi connectivity index (χ0) is 23.5. The van der Waals surface area contributed by atoms with Crippen LogP contribution in [0.1, 0.15) is 24.6 Å². The number of aromatic nitrogens is 2. The van der Waals surface area contributed by atoms with Crippen molar-refractivity contribution < 1.29 is 14.3 Å². The lowest BCUT2D eigenvalue weighted by molar-refractivity contribution is -0.117. The van der Waals surface area contributed by atoms with Crippen molar-refractivity contribution in [2.45, 2.75) is 25.3 Å². The van der Waals surface area contributed by atoms with E-state index in [0.29, 0.717) is 24.6 Å². The first-order chi connectivity index (χ1) is 16.6. The second kappa shape index (κ2) is 9.77. The van der Waals surface area contributed by atoms with Gasteiger partial charge < -0.3 is 18.9 Å². The second-order valence-electron chi connectivity index (χ2n) is 8.35. The molecule has 1 aliphatic rings. The van der Waals surface area contributed by atoms with Crippen molar-refractivity contribution in [3.63, 3.8) is 0 Å². The average Bonchev–Trinajstić information content (AvgIpc) is 3.43. The molecule has 0 bridgehead atoms. The van der Waals surface area contributed by atoms with Crippen LogP contribution >= 0.6 is 11.6 Å². The fourth-order valence-electron chi connectivity index (χ4n) is 4.53. The summed E-state index contributed by atoms with van der Waals surface area (Å²) in [6.07, 6.45) is 1.23. The molecule has 1 amide bonds. The molecule has 3 aromatic carbocycles. The van der Waals surface area contributed by atoms with E-state index < -0.39 is 0 Å². The van der Waals surface area contributed by atoms with Crippen molar-refractivity contribution >= 4 is 34.2 Å². The standard InChI is InChI=1S/C27H26ClN3O3/c1-33-24-9-4-5-10-25(24)34-16-6-15-30-23-8-3-2-7-22(23)29-27(30)19-17-26(32)31(18-19)21-13-11-20(28)12-14-21/h2-5,7-14,19H,6,15-18H2,1H3/t19-/m0/s1. The summed E-state index contributed by atoms with van der Waals surface area (Å²) in [5.41, 5.74) is 2.89. The van der Waals surface area contributed by atoms with Crippen molar-refractivity contribution in [2.24, 2.45) is 0 Å². The number of halogens is 1. The number of hydrogen-bond acceptors (Lipinski definition) is 4. The Bertz CT molecular complexity index is 1300. The van der Waals surface area contributed by atoms with Crippen LogP contribution < -0.4 is 14.4 Å². The zero-order valence-corrected chi connectivity index (χ0v) is 19.7. The summed E-state index contributed by atoms with van der Waals surface area (Å²) in [6, 6.07) is 23.2. The highest BCUT2D eigenvalue weighted by atomic mass is 35.5. The molecule has 0 aliphatic carbocycles. The molecule has 1 saturated heterocycles. The number of benzene rings is 3. The monoisotopic (exact) mass is 475 g/mol. The van der Waals surface area contributed by atoms with E-state index in [-0.39, 0.29) is 11.8 Å². The first kappa shape index (κ1) is 22.3. The summed E-state index contributed by atoms with van der Waals surface area (Å²) in [5, 5.41) is 0.657. The Morgan fingerprint density at radius 2 is 1.74 bits per heavy atom. The molecule has 174 valence electrons. The highest BCUT2D eigenvalue weighted by molar-refractivity contribution is 6.30. The minimum Gasteiger partial charge on any atom is -0.493 e. The molecule has 2 heterocycles. The number of imidazole rings is 1. The molecule has 0 radical (unpaired) electrons. The van der Waals surface area contributed by atoms with Crippen LogP contribution in [0, 0.1) is 0 Å². The molecule has 6 nitrogen and oxygen atoms in total. The molecular weight excluding hydrogens is 450 g/mol. The minimum absolute atomic E-state index is 0.0192. The minimum atomic E-state index is 0.0192. The van der Waals surface area contributed by atoms with E-state index in [9.17, 15) is 4.79 Å². The summed E-state index contributed by atoms with van der Waals surface area (Å²) < 4.78 is 13.6. The number of fused-ring (bicyclic) bond motifs is 1. The normalized spacial score (nSPS) is 15.8. The van der Waals surface area contributed by atoms with Gasteiger partial charge in [0, 0.05) is 36.1 Å². The van der Waals surface area contributed by atoms with Gasteiger partial charge in [-0.2, -0.15) is 0 Å². The third-order valence-electron chi connectivity index (χ3n) is 6.17. The third-order valence-corrected chi connectivity index (χ3v) is 6.42. The fourth-order valence-corrected chi connectivity index (χ4v) is 4.66. The second-order valence-corrected chi connectivity index (χ2v) is 8.78. The van der Waals surface area contributed by atoms with Crippen LogP contribution in [0.3, 0.4) is 0 Å². The van der Waals surface area contributed by atoms with E-state index in [4.69, 9.17) is 26.1 Å². The lowest BCUT2D eigenvalue weighted by Crippen LogP contribution is -2.24. The van der Waals surface area contributed by atoms with Gasteiger partial charge >= 0.3 is 0 Å². The Morgan fingerprint density at radius 1 is 1.00 bits per heavy atom. The van der Waals surface area contributed by atoms with Crippen LogP contribution in [0.5, 0.6) is 11.5 Å².